The van der Waals surface area contributed by atoms with Crippen molar-refractivity contribution in [3.8, 4) is 0 Å². The third-order valence-electron chi connectivity index (χ3n) is 6.06. The second-order valence-electron chi connectivity index (χ2n) is 8.20. The molecule has 0 saturated carbocycles. The summed E-state index contributed by atoms with van der Waals surface area (Å²) in [5.41, 5.74) is 2.97. The molecule has 0 radical (unpaired) electrons. The van der Waals surface area contributed by atoms with E-state index >= 15 is 0 Å². The fourth-order valence-electron chi connectivity index (χ4n) is 4.44. The van der Waals surface area contributed by atoms with Crippen LogP contribution in [0.5, 0.6) is 0 Å². The summed E-state index contributed by atoms with van der Waals surface area (Å²) in [5, 5.41) is 3.93. The molecule has 2 aromatic carbocycles. The number of benzene rings is 2. The number of nitrogens with one attached hydrogen (secondary N) is 1. The van der Waals surface area contributed by atoms with E-state index in [9.17, 15) is 9.59 Å². The molecule has 2 aromatic heterocycles. The summed E-state index contributed by atoms with van der Waals surface area (Å²) in [5.74, 6) is -0.531. The Kier molecular flexibility index (Phi) is 6.16. The zero-order chi connectivity index (χ0) is 23.3. The third-order valence-corrected chi connectivity index (χ3v) is 6.06. The topological polar surface area (TPSA) is 84.4 Å². The molecule has 3 heterocycles. The first kappa shape index (κ1) is 21.6. The average molecular weight is 453 g/mol. The molecule has 7 nitrogen and oxygen atoms in total. The summed E-state index contributed by atoms with van der Waals surface area (Å²) in [4.78, 5) is 37.1. The van der Waals surface area contributed by atoms with Crippen LogP contribution in [0.3, 0.4) is 0 Å². The minimum atomic E-state index is -0.753. The Hall–Kier alpha value is -4.26. The van der Waals surface area contributed by atoms with Crippen molar-refractivity contribution in [3.63, 3.8) is 0 Å². The Morgan fingerprint density at radius 2 is 1.71 bits per heavy atom. The van der Waals surface area contributed by atoms with Crippen molar-refractivity contribution in [3.05, 3.63) is 103 Å². The van der Waals surface area contributed by atoms with Gasteiger partial charge in [-0.25, -0.2) is 4.79 Å². The minimum Gasteiger partial charge on any atom is -0.445 e. The highest BCUT2D eigenvalue weighted by Gasteiger charge is 2.44. The number of amides is 2. The Morgan fingerprint density at radius 1 is 0.912 bits per heavy atom. The van der Waals surface area contributed by atoms with Gasteiger partial charge in [0, 0.05) is 35.9 Å². The van der Waals surface area contributed by atoms with E-state index in [1.165, 1.54) is 4.90 Å². The van der Waals surface area contributed by atoms with Gasteiger partial charge in [0.15, 0.2) is 0 Å². The molecule has 1 aliphatic heterocycles. The number of hydrogen-bond donors (Lipinski definition) is 1. The smallest absolute Gasteiger partial charge is 0.410 e. The third kappa shape index (κ3) is 4.45. The second-order valence-corrected chi connectivity index (χ2v) is 8.20. The largest absolute Gasteiger partial charge is 0.445 e. The average Bonchev–Trinajstić information content (AvgIpc) is 3.34. The first-order valence-electron chi connectivity index (χ1n) is 11.2. The molecule has 1 fully saturated rings. The molecule has 2 amide bonds. The number of anilines is 1. The van der Waals surface area contributed by atoms with Gasteiger partial charge in [0.2, 0.25) is 5.91 Å². The van der Waals surface area contributed by atoms with Crippen molar-refractivity contribution in [1.82, 2.24) is 14.9 Å². The van der Waals surface area contributed by atoms with Crippen LogP contribution in [0.1, 0.15) is 23.6 Å². The van der Waals surface area contributed by atoms with Crippen LogP contribution in [0.2, 0.25) is 0 Å². The fraction of sp³-hybridized carbons (Fsp3) is 0.185. The first-order valence-corrected chi connectivity index (χ1v) is 11.2. The zero-order valence-corrected chi connectivity index (χ0v) is 18.5. The maximum Gasteiger partial charge on any atom is 0.410 e. The number of ether oxygens (including phenoxy) is 1. The number of likely N-dealkylation sites (tertiary alicyclic amines) is 1. The van der Waals surface area contributed by atoms with E-state index in [0.717, 1.165) is 16.6 Å². The van der Waals surface area contributed by atoms with Gasteiger partial charge in [-0.2, -0.15) is 0 Å². The van der Waals surface area contributed by atoms with Crippen molar-refractivity contribution in [2.24, 2.45) is 0 Å². The molecule has 0 aliphatic carbocycles. The number of pyridine rings is 2. The van der Waals surface area contributed by atoms with Crippen LogP contribution in [0.15, 0.2) is 91.3 Å². The summed E-state index contributed by atoms with van der Waals surface area (Å²) >= 11 is 0. The first-order chi connectivity index (χ1) is 16.7. The predicted molar refractivity (Wildman–Crippen MR) is 129 cm³/mol. The lowest BCUT2D eigenvalue weighted by Crippen LogP contribution is -2.45. The van der Waals surface area contributed by atoms with E-state index in [1.807, 2.05) is 78.9 Å². The van der Waals surface area contributed by atoms with Crippen molar-refractivity contribution in [2.75, 3.05) is 11.9 Å². The van der Waals surface area contributed by atoms with Crippen LogP contribution < -0.4 is 5.32 Å². The molecular formula is C27H24N4O3. The highest BCUT2D eigenvalue weighted by Crippen LogP contribution is 2.34. The summed E-state index contributed by atoms with van der Waals surface area (Å²) in [7, 11) is 0. The molecule has 7 heteroatoms. The van der Waals surface area contributed by atoms with Crippen molar-refractivity contribution in [1.29, 1.82) is 0 Å². The van der Waals surface area contributed by atoms with Gasteiger partial charge in [-0.15, -0.1) is 0 Å². The molecule has 5 rings (SSSR count). The van der Waals surface area contributed by atoms with E-state index in [0.29, 0.717) is 24.2 Å². The number of carbonyl (C=O) groups is 2. The summed E-state index contributed by atoms with van der Waals surface area (Å²) in [6.45, 7) is 0.548. The van der Waals surface area contributed by atoms with E-state index in [2.05, 4.69) is 15.3 Å². The SMILES string of the molecule is O=C(Nc1cccc2cccnc12)[C@@H]1[C@H](c2ccccn2)CCN1C(=O)OCc1ccccc1. The Morgan fingerprint density at radius 3 is 2.53 bits per heavy atom. The van der Waals surface area contributed by atoms with Crippen LogP contribution in [-0.2, 0) is 16.1 Å². The lowest BCUT2D eigenvalue weighted by atomic mass is 9.95. The van der Waals surface area contributed by atoms with Gasteiger partial charge in [0.1, 0.15) is 12.6 Å². The van der Waals surface area contributed by atoms with Gasteiger partial charge in [-0.1, -0.05) is 54.6 Å². The van der Waals surface area contributed by atoms with Crippen LogP contribution >= 0.6 is 0 Å². The van der Waals surface area contributed by atoms with Gasteiger partial charge >= 0.3 is 6.09 Å². The molecular weight excluding hydrogens is 428 g/mol. The second kappa shape index (κ2) is 9.70. The molecule has 1 aliphatic rings. The lowest BCUT2D eigenvalue weighted by molar-refractivity contribution is -0.120. The number of para-hydroxylation sites is 1. The number of rotatable bonds is 5. The monoisotopic (exact) mass is 452 g/mol. The number of fused-ring (bicyclic) bond motifs is 1. The normalized spacial score (nSPS) is 17.5. The maximum absolute atomic E-state index is 13.6. The highest BCUT2D eigenvalue weighted by molar-refractivity contribution is 6.03. The van der Waals surface area contributed by atoms with Crippen molar-refractivity contribution >= 4 is 28.6 Å². The van der Waals surface area contributed by atoms with Gasteiger partial charge in [-0.3, -0.25) is 19.7 Å². The van der Waals surface area contributed by atoms with Gasteiger partial charge in [-0.05, 0) is 36.2 Å². The Balaban J connectivity index is 1.41. The Labute approximate surface area is 197 Å². The van der Waals surface area contributed by atoms with Gasteiger partial charge in [0.05, 0.1) is 11.2 Å². The molecule has 34 heavy (non-hydrogen) atoms. The van der Waals surface area contributed by atoms with Crippen molar-refractivity contribution in [2.45, 2.75) is 25.0 Å². The molecule has 170 valence electrons. The van der Waals surface area contributed by atoms with Gasteiger partial charge < -0.3 is 10.1 Å². The molecule has 0 bridgehead atoms. The van der Waals surface area contributed by atoms with Gasteiger partial charge in [0.25, 0.3) is 0 Å². The fourth-order valence-corrected chi connectivity index (χ4v) is 4.44. The van der Waals surface area contributed by atoms with E-state index in [1.54, 1.807) is 12.4 Å². The Bertz CT molecular complexity index is 1290. The maximum atomic E-state index is 13.6. The molecule has 0 spiro atoms. The lowest BCUT2D eigenvalue weighted by Gasteiger charge is -2.26. The van der Waals surface area contributed by atoms with Crippen molar-refractivity contribution < 1.29 is 14.3 Å². The standard InChI is InChI=1S/C27H24N4O3/c32-26(30-23-13-6-10-20-11-7-16-29-24(20)23)25-21(22-12-4-5-15-28-22)14-17-31(25)27(33)34-18-19-8-2-1-3-9-19/h1-13,15-16,21,25H,14,17-18H2,(H,30,32)/t21-,25-/m0/s1. The van der Waals surface area contributed by atoms with Crippen LogP contribution in [0.25, 0.3) is 10.9 Å². The highest BCUT2D eigenvalue weighted by atomic mass is 16.6. The number of hydrogen-bond acceptors (Lipinski definition) is 5. The summed E-state index contributed by atoms with van der Waals surface area (Å²) in [6.07, 6.45) is 3.49. The van der Waals surface area contributed by atoms with Crippen LogP contribution in [0, 0.1) is 0 Å². The number of nitrogens with zero attached hydrogens (tertiary/aromatic N) is 3. The van der Waals surface area contributed by atoms with Crippen LogP contribution in [0.4, 0.5) is 10.5 Å². The molecule has 4 aromatic rings. The minimum absolute atomic E-state index is 0.145. The van der Waals surface area contributed by atoms with Crippen LogP contribution in [-0.4, -0.2) is 39.5 Å². The van der Waals surface area contributed by atoms with E-state index in [4.69, 9.17) is 4.74 Å². The quantitative estimate of drug-likeness (QED) is 0.472. The zero-order valence-electron chi connectivity index (χ0n) is 18.5. The number of aromatic nitrogens is 2. The molecule has 1 N–H and O–H groups in total. The summed E-state index contributed by atoms with van der Waals surface area (Å²) in [6, 6.07) is 23.8. The molecule has 0 unspecified atom stereocenters. The molecule has 2 atom stereocenters. The number of carbonyl (C=O) groups excluding carboxylic acids is 2. The van der Waals surface area contributed by atoms with E-state index < -0.39 is 12.1 Å². The molecule has 1 saturated heterocycles. The van der Waals surface area contributed by atoms with E-state index in [-0.39, 0.29) is 18.4 Å². The predicted octanol–water partition coefficient (Wildman–Crippen LogP) is 4.76. The summed E-state index contributed by atoms with van der Waals surface area (Å²) < 4.78 is 5.57.